The van der Waals surface area contributed by atoms with Crippen molar-refractivity contribution in [3.8, 4) is 5.75 Å². The highest BCUT2D eigenvalue weighted by Gasteiger charge is 2.17. The Kier molecular flexibility index (Phi) is 5.18. The molecule has 1 aromatic carbocycles. The normalized spacial score (nSPS) is 10.3. The van der Waals surface area contributed by atoms with E-state index in [2.05, 4.69) is 4.98 Å². The number of methoxy groups -OCH3 is 1. The van der Waals surface area contributed by atoms with Crippen LogP contribution in [0, 0.1) is 13.8 Å². The maximum atomic E-state index is 12.6. The molecular formula is C18H20N2O4. The van der Waals surface area contributed by atoms with Crippen molar-refractivity contribution in [1.29, 1.82) is 0 Å². The van der Waals surface area contributed by atoms with Crippen molar-refractivity contribution in [3.05, 3.63) is 58.4 Å². The first-order valence-electron chi connectivity index (χ1n) is 7.42. The van der Waals surface area contributed by atoms with Crippen LogP contribution in [0.1, 0.15) is 37.7 Å². The van der Waals surface area contributed by atoms with Crippen molar-refractivity contribution in [1.82, 2.24) is 9.88 Å². The van der Waals surface area contributed by atoms with E-state index in [1.165, 1.54) is 30.2 Å². The summed E-state index contributed by atoms with van der Waals surface area (Å²) in [6.45, 7) is 4.21. The number of nitrogens with zero attached hydrogens (tertiary/aromatic N) is 2. The van der Waals surface area contributed by atoms with Crippen LogP contribution in [-0.4, -0.2) is 41.0 Å². The Morgan fingerprint density at radius 3 is 2.38 bits per heavy atom. The van der Waals surface area contributed by atoms with Crippen LogP contribution in [0.4, 0.5) is 0 Å². The molecule has 1 heterocycles. The summed E-state index contributed by atoms with van der Waals surface area (Å²) in [4.78, 5) is 29.7. The van der Waals surface area contributed by atoms with Crippen LogP contribution in [0.2, 0.25) is 0 Å². The number of carbonyl (C=O) groups is 2. The zero-order chi connectivity index (χ0) is 17.9. The lowest BCUT2D eigenvalue weighted by atomic mass is 10.1. The largest absolute Gasteiger partial charge is 0.497 e. The standard InChI is InChI=1S/C18H20N2O4/c1-11-5-12(2)19-15(6-11)10-20(3)17(21)13-7-14(18(22)23)9-16(8-13)24-4/h5-9H,10H2,1-4H3,(H,22,23). The fraction of sp³-hybridized carbons (Fsp3) is 0.278. The number of aromatic carboxylic acids is 1. The van der Waals surface area contributed by atoms with Gasteiger partial charge in [0.15, 0.2) is 0 Å². The van der Waals surface area contributed by atoms with Gasteiger partial charge in [-0.05, 0) is 49.7 Å². The summed E-state index contributed by atoms with van der Waals surface area (Å²) in [5.41, 5.74) is 3.02. The topological polar surface area (TPSA) is 79.7 Å². The monoisotopic (exact) mass is 328 g/mol. The molecular weight excluding hydrogens is 308 g/mol. The van der Waals surface area contributed by atoms with Crippen molar-refractivity contribution in [2.45, 2.75) is 20.4 Å². The van der Waals surface area contributed by atoms with Gasteiger partial charge in [-0.3, -0.25) is 9.78 Å². The molecule has 0 aliphatic rings. The van der Waals surface area contributed by atoms with E-state index < -0.39 is 5.97 Å². The number of aromatic nitrogens is 1. The van der Waals surface area contributed by atoms with Gasteiger partial charge in [-0.25, -0.2) is 4.79 Å². The smallest absolute Gasteiger partial charge is 0.335 e. The van der Waals surface area contributed by atoms with Gasteiger partial charge in [0.05, 0.1) is 24.9 Å². The Morgan fingerprint density at radius 1 is 1.12 bits per heavy atom. The number of ether oxygens (including phenoxy) is 1. The second-order valence-corrected chi connectivity index (χ2v) is 5.69. The predicted molar refractivity (Wildman–Crippen MR) is 89.5 cm³/mol. The Balaban J connectivity index is 2.27. The van der Waals surface area contributed by atoms with Gasteiger partial charge < -0.3 is 14.7 Å². The Hall–Kier alpha value is -2.89. The van der Waals surface area contributed by atoms with Crippen molar-refractivity contribution < 1.29 is 19.4 Å². The van der Waals surface area contributed by atoms with Gasteiger partial charge in [0.2, 0.25) is 0 Å². The lowest BCUT2D eigenvalue weighted by Crippen LogP contribution is -2.27. The van der Waals surface area contributed by atoms with Crippen molar-refractivity contribution >= 4 is 11.9 Å². The molecule has 6 heteroatoms. The number of carboxylic acid groups (broad SMARTS) is 1. The van der Waals surface area contributed by atoms with E-state index in [0.29, 0.717) is 12.3 Å². The van der Waals surface area contributed by atoms with Gasteiger partial charge in [-0.15, -0.1) is 0 Å². The Bertz CT molecular complexity index is 766. The molecule has 1 aromatic heterocycles. The van der Waals surface area contributed by atoms with Crippen molar-refractivity contribution in [2.75, 3.05) is 14.2 Å². The van der Waals surface area contributed by atoms with Gasteiger partial charge in [0, 0.05) is 18.3 Å². The third-order valence-corrected chi connectivity index (χ3v) is 3.53. The Labute approximate surface area is 140 Å². The van der Waals surface area contributed by atoms with E-state index in [4.69, 9.17) is 9.84 Å². The molecule has 1 amide bonds. The van der Waals surface area contributed by atoms with Gasteiger partial charge in [0.1, 0.15) is 5.75 Å². The van der Waals surface area contributed by atoms with Crippen LogP contribution < -0.4 is 4.74 Å². The Morgan fingerprint density at radius 2 is 1.79 bits per heavy atom. The first-order valence-corrected chi connectivity index (χ1v) is 7.42. The molecule has 126 valence electrons. The molecule has 0 aliphatic carbocycles. The van der Waals surface area contributed by atoms with Crippen LogP contribution >= 0.6 is 0 Å². The summed E-state index contributed by atoms with van der Waals surface area (Å²) < 4.78 is 5.08. The molecule has 0 aliphatic heterocycles. The number of rotatable bonds is 5. The summed E-state index contributed by atoms with van der Waals surface area (Å²) >= 11 is 0. The molecule has 0 atom stereocenters. The highest BCUT2D eigenvalue weighted by atomic mass is 16.5. The van der Waals surface area contributed by atoms with Gasteiger partial charge >= 0.3 is 5.97 Å². The summed E-state index contributed by atoms with van der Waals surface area (Å²) in [7, 11) is 3.08. The molecule has 2 rings (SSSR count). The zero-order valence-corrected chi connectivity index (χ0v) is 14.2. The molecule has 0 radical (unpaired) electrons. The lowest BCUT2D eigenvalue weighted by molar-refractivity contribution is 0.0696. The molecule has 24 heavy (non-hydrogen) atoms. The summed E-state index contributed by atoms with van der Waals surface area (Å²) in [5.74, 6) is -1.07. The molecule has 0 spiro atoms. The minimum Gasteiger partial charge on any atom is -0.497 e. The van der Waals surface area contributed by atoms with Crippen LogP contribution in [0.25, 0.3) is 0 Å². The summed E-state index contributed by atoms with van der Waals surface area (Å²) in [6.07, 6.45) is 0. The van der Waals surface area contributed by atoms with Gasteiger partial charge in [-0.2, -0.15) is 0 Å². The number of benzene rings is 1. The average Bonchev–Trinajstić information content (AvgIpc) is 2.52. The number of hydrogen-bond donors (Lipinski definition) is 1. The number of aryl methyl sites for hydroxylation is 2. The van der Waals surface area contributed by atoms with E-state index >= 15 is 0 Å². The minimum absolute atomic E-state index is 0.00984. The first kappa shape index (κ1) is 17.5. The number of hydrogen-bond acceptors (Lipinski definition) is 4. The number of carboxylic acids is 1. The quantitative estimate of drug-likeness (QED) is 0.913. The highest BCUT2D eigenvalue weighted by molar-refractivity contribution is 5.98. The third kappa shape index (κ3) is 4.10. The van der Waals surface area contributed by atoms with E-state index in [0.717, 1.165) is 17.0 Å². The van der Waals surface area contributed by atoms with E-state index in [-0.39, 0.29) is 17.0 Å². The average molecular weight is 328 g/mol. The highest BCUT2D eigenvalue weighted by Crippen LogP contribution is 2.19. The molecule has 0 bridgehead atoms. The van der Waals surface area contributed by atoms with Crippen molar-refractivity contribution in [2.24, 2.45) is 0 Å². The minimum atomic E-state index is -1.11. The van der Waals surface area contributed by atoms with Crippen LogP contribution in [0.15, 0.2) is 30.3 Å². The summed E-state index contributed by atoms with van der Waals surface area (Å²) in [6, 6.07) is 8.14. The van der Waals surface area contributed by atoms with E-state index in [9.17, 15) is 9.59 Å². The number of carbonyl (C=O) groups excluding carboxylic acids is 1. The molecule has 0 saturated heterocycles. The van der Waals surface area contributed by atoms with Crippen LogP contribution in [0.5, 0.6) is 5.75 Å². The SMILES string of the molecule is COc1cc(C(=O)O)cc(C(=O)N(C)Cc2cc(C)cc(C)n2)c1. The second kappa shape index (κ2) is 7.12. The van der Waals surface area contributed by atoms with Gasteiger partial charge in [-0.1, -0.05) is 0 Å². The summed E-state index contributed by atoms with van der Waals surface area (Å²) in [5, 5.41) is 9.16. The lowest BCUT2D eigenvalue weighted by Gasteiger charge is -2.18. The molecule has 0 unspecified atom stereocenters. The maximum Gasteiger partial charge on any atom is 0.335 e. The molecule has 0 fully saturated rings. The molecule has 2 aromatic rings. The third-order valence-electron chi connectivity index (χ3n) is 3.53. The molecule has 0 saturated carbocycles. The zero-order valence-electron chi connectivity index (χ0n) is 14.2. The maximum absolute atomic E-state index is 12.6. The second-order valence-electron chi connectivity index (χ2n) is 5.69. The molecule has 6 nitrogen and oxygen atoms in total. The van der Waals surface area contributed by atoms with E-state index in [1.54, 1.807) is 7.05 Å². The fourth-order valence-corrected chi connectivity index (χ4v) is 2.51. The fourth-order valence-electron chi connectivity index (χ4n) is 2.51. The first-order chi connectivity index (χ1) is 11.3. The number of amides is 1. The van der Waals surface area contributed by atoms with Crippen molar-refractivity contribution in [3.63, 3.8) is 0 Å². The van der Waals surface area contributed by atoms with E-state index in [1.807, 2.05) is 26.0 Å². The van der Waals surface area contributed by atoms with Crippen LogP contribution in [0.3, 0.4) is 0 Å². The predicted octanol–water partition coefficient (Wildman–Crippen LogP) is 2.68. The number of pyridine rings is 1. The molecule has 1 N–H and O–H groups in total. The van der Waals surface area contributed by atoms with Crippen LogP contribution in [-0.2, 0) is 6.54 Å². The van der Waals surface area contributed by atoms with Gasteiger partial charge in [0.25, 0.3) is 5.91 Å².